The first kappa shape index (κ1) is 49.2. The van der Waals surface area contributed by atoms with Crippen LogP contribution in [0.1, 0.15) is 69.6 Å². The van der Waals surface area contributed by atoms with E-state index in [-0.39, 0.29) is 75.0 Å². The second kappa shape index (κ2) is 23.6. The van der Waals surface area contributed by atoms with Gasteiger partial charge in [0.1, 0.15) is 45.4 Å². The predicted molar refractivity (Wildman–Crippen MR) is 223 cm³/mol. The van der Waals surface area contributed by atoms with Gasteiger partial charge >= 0.3 is 0 Å². The van der Waals surface area contributed by atoms with Gasteiger partial charge in [-0.15, -0.1) is 0 Å². The molecule has 0 aliphatic carbocycles. The first-order valence-corrected chi connectivity index (χ1v) is 19.0. The Balaban J connectivity index is 0.000000259. The van der Waals surface area contributed by atoms with Crippen LogP contribution in [0.5, 0.6) is 0 Å². The molecule has 2 aromatic carbocycles. The fourth-order valence-corrected chi connectivity index (χ4v) is 6.00. The van der Waals surface area contributed by atoms with Gasteiger partial charge in [-0.1, -0.05) is 53.0 Å². The highest BCUT2D eigenvalue weighted by Crippen LogP contribution is 2.26. The molecule has 4 N–H and O–H groups in total. The number of aryl methyl sites for hydroxylation is 1. The first-order chi connectivity index (χ1) is 28.8. The molecule has 0 unspecified atom stereocenters. The molecule has 0 aliphatic rings. The Kier molecular flexibility index (Phi) is 19.0. The molecule has 4 heterocycles. The van der Waals surface area contributed by atoms with Crippen LogP contribution in [0.25, 0.3) is 0 Å². The number of halogens is 7. The summed E-state index contributed by atoms with van der Waals surface area (Å²) in [5.41, 5.74) is 8.74. The number of aliphatic carboxylic acids is 1. The molecule has 6 rings (SSSR count). The van der Waals surface area contributed by atoms with Crippen molar-refractivity contribution in [2.45, 2.75) is 53.6 Å². The van der Waals surface area contributed by atoms with Crippen molar-refractivity contribution in [3.8, 4) is 0 Å². The summed E-state index contributed by atoms with van der Waals surface area (Å²) in [7, 11) is 0. The van der Waals surface area contributed by atoms with Gasteiger partial charge in [0.2, 0.25) is 0 Å². The predicted octanol–water partition coefficient (Wildman–Crippen LogP) is 8.64. The molecule has 0 radical (unpaired) electrons. The van der Waals surface area contributed by atoms with E-state index in [0.29, 0.717) is 47.1 Å². The molecule has 4 aromatic heterocycles. The van der Waals surface area contributed by atoms with Crippen molar-refractivity contribution in [2.24, 2.45) is 0 Å². The Bertz CT molecular complexity index is 2480. The minimum atomic E-state index is -0.833. The second-order valence-electron chi connectivity index (χ2n) is 12.8. The number of carboxylic acids is 1. The molecule has 0 saturated heterocycles. The summed E-state index contributed by atoms with van der Waals surface area (Å²) in [6, 6.07) is 12.2. The van der Waals surface area contributed by atoms with Gasteiger partial charge in [-0.2, -0.15) is 10.2 Å². The van der Waals surface area contributed by atoms with Crippen LogP contribution in [0.3, 0.4) is 0 Å². The van der Waals surface area contributed by atoms with Crippen molar-refractivity contribution in [2.75, 3.05) is 17.6 Å². The zero-order valence-electron chi connectivity index (χ0n) is 33.0. The van der Waals surface area contributed by atoms with E-state index in [4.69, 9.17) is 50.4 Å². The van der Waals surface area contributed by atoms with E-state index < -0.39 is 23.4 Å². The number of nitrogens with zero attached hydrogens (tertiary/aromatic N) is 6. The van der Waals surface area contributed by atoms with E-state index in [9.17, 15) is 31.9 Å². The number of nitrogens with one attached hydrogen (secondary N) is 1. The maximum atomic E-state index is 14.0. The minimum absolute atomic E-state index is 0.00907. The number of anilines is 2. The topological polar surface area (TPSA) is 188 Å². The van der Waals surface area contributed by atoms with Crippen LogP contribution < -0.4 is 11.1 Å². The minimum Gasteiger partial charge on any atom is -0.481 e. The molecule has 6 aromatic rings. The van der Waals surface area contributed by atoms with Gasteiger partial charge in [0.15, 0.2) is 17.4 Å². The largest absolute Gasteiger partial charge is 0.481 e. The van der Waals surface area contributed by atoms with E-state index >= 15 is 0 Å². The smallest absolute Gasteiger partial charge is 0.300 e. The van der Waals surface area contributed by atoms with Crippen molar-refractivity contribution in [3.05, 3.63) is 151 Å². The number of Topliss-reactive ketones (excluding diaryl/α,β-unsaturated/α-hetero) is 2. The summed E-state index contributed by atoms with van der Waals surface area (Å²) in [5, 5.41) is 19.2. The summed E-state index contributed by atoms with van der Waals surface area (Å²) < 4.78 is 55.8. The highest BCUT2D eigenvalue weighted by atomic mass is 35.5. The monoisotopic (exact) mass is 904 g/mol. The van der Waals surface area contributed by atoms with Crippen LogP contribution in [0.2, 0.25) is 15.3 Å². The van der Waals surface area contributed by atoms with Crippen molar-refractivity contribution in [1.82, 2.24) is 29.5 Å². The average molecular weight is 906 g/mol. The third kappa shape index (κ3) is 14.8. The number of nitrogens with two attached hydrogens (primary N) is 1. The van der Waals surface area contributed by atoms with Crippen molar-refractivity contribution in [3.63, 3.8) is 0 Å². The summed E-state index contributed by atoms with van der Waals surface area (Å²) in [5.74, 6) is -3.15. The lowest BCUT2D eigenvalue weighted by Crippen LogP contribution is -2.09. The Labute approximate surface area is 362 Å². The lowest BCUT2D eigenvalue weighted by molar-refractivity contribution is -0.134. The number of benzene rings is 2. The highest BCUT2D eigenvalue weighted by molar-refractivity contribution is 6.31. The first-order valence-electron chi connectivity index (χ1n) is 17.9. The summed E-state index contributed by atoms with van der Waals surface area (Å²) >= 11 is 18.3. The van der Waals surface area contributed by atoms with Gasteiger partial charge in [0.25, 0.3) is 5.97 Å². The summed E-state index contributed by atoms with van der Waals surface area (Å²) in [6.07, 6.45) is 6.17. The van der Waals surface area contributed by atoms with E-state index in [1.165, 1.54) is 53.8 Å². The highest BCUT2D eigenvalue weighted by Gasteiger charge is 2.21. The van der Waals surface area contributed by atoms with Crippen LogP contribution in [0.15, 0.2) is 73.3 Å². The Morgan fingerprint density at radius 3 is 1.72 bits per heavy atom. The van der Waals surface area contributed by atoms with Crippen LogP contribution >= 0.6 is 34.8 Å². The van der Waals surface area contributed by atoms with E-state index in [2.05, 4.69) is 25.5 Å². The third-order valence-electron chi connectivity index (χ3n) is 7.97. The van der Waals surface area contributed by atoms with Gasteiger partial charge in [0.05, 0.1) is 41.9 Å². The van der Waals surface area contributed by atoms with Gasteiger partial charge in [-0.05, 0) is 60.4 Å². The van der Waals surface area contributed by atoms with Crippen LogP contribution in [-0.2, 0) is 35.5 Å². The zero-order valence-corrected chi connectivity index (χ0v) is 35.3. The van der Waals surface area contributed by atoms with Crippen molar-refractivity contribution in [1.29, 1.82) is 0 Å². The summed E-state index contributed by atoms with van der Waals surface area (Å²) in [4.78, 5) is 50.6. The number of nitrogen functional groups attached to an aromatic ring is 1. The van der Waals surface area contributed by atoms with Gasteiger partial charge in [0, 0.05) is 57.3 Å². The number of hydrogen-bond donors (Lipinski definition) is 3. The molecule has 0 aliphatic heterocycles. The molecular weight excluding hydrogens is 867 g/mol. The maximum absolute atomic E-state index is 14.0. The lowest BCUT2D eigenvalue weighted by atomic mass is 10.1. The lowest BCUT2D eigenvalue weighted by Gasteiger charge is -2.08. The molecule has 0 fully saturated rings. The number of carbonyl (C=O) groups is 4. The standard InChI is InChI=1S/C19H16Cl2F2N4O.C13H11ClFN3O2.C7H8FN.C2H4O2/c1-11(28)18-14(5-6-25-16-4-2-3-15(20)17(16)23)19(21)27(26-18)10-12-7-13(22)9-24-8-12;1-8(20)12-11(2-3-19)13(14)18(17-12)7-9-4-10(15)6-16-5-9;1-5-3-2-4-6(9)7(5)8;1-2(3)4/h2-4,7-9,25H,5-6,10H2,1H3;3-6H,2,7H2,1H3;2-4H,9H2,1H3;1H3,(H,3,4). The molecule has 20 heteroatoms. The number of rotatable bonds is 12. The molecular formula is C41H39Cl3F4N8O5. The number of carbonyl (C=O) groups excluding carboxylic acids is 3. The van der Waals surface area contributed by atoms with E-state index in [1.807, 2.05) is 0 Å². The number of aldehydes is 1. The van der Waals surface area contributed by atoms with E-state index in [0.717, 1.165) is 19.3 Å². The van der Waals surface area contributed by atoms with E-state index in [1.54, 1.807) is 37.3 Å². The average Bonchev–Trinajstić information content (AvgIpc) is 3.67. The summed E-state index contributed by atoms with van der Waals surface area (Å²) in [6.45, 7) is 6.15. The number of carboxylic acid groups (broad SMARTS) is 1. The van der Waals surface area contributed by atoms with Gasteiger partial charge < -0.3 is 21.0 Å². The Morgan fingerprint density at radius 2 is 1.26 bits per heavy atom. The molecule has 0 atom stereocenters. The molecule has 322 valence electrons. The second-order valence-corrected chi connectivity index (χ2v) is 14.0. The normalized spacial score (nSPS) is 10.3. The number of aromatic nitrogens is 6. The van der Waals surface area contributed by atoms with Gasteiger partial charge in [-0.25, -0.2) is 26.9 Å². The third-order valence-corrected chi connectivity index (χ3v) is 9.11. The van der Waals surface area contributed by atoms with Crippen molar-refractivity contribution >= 4 is 70.0 Å². The van der Waals surface area contributed by atoms with Crippen molar-refractivity contribution < 1.29 is 41.8 Å². The molecule has 0 spiro atoms. The molecule has 0 bridgehead atoms. The van der Waals surface area contributed by atoms with Crippen LogP contribution in [-0.4, -0.2) is 65.0 Å². The number of pyridine rings is 2. The van der Waals surface area contributed by atoms with Crippen LogP contribution in [0, 0.1) is 30.2 Å². The fourth-order valence-electron chi connectivity index (χ4n) is 5.28. The Morgan fingerprint density at radius 1 is 0.770 bits per heavy atom. The molecule has 0 amide bonds. The maximum Gasteiger partial charge on any atom is 0.300 e. The molecule has 0 saturated carbocycles. The SMILES string of the molecule is CC(=O)O.CC(=O)c1nn(Cc2cncc(F)c2)c(Cl)c1CC=O.CC(=O)c1nn(Cc2cncc(F)c2)c(Cl)c1CCNc1cccc(Cl)c1F.Cc1cccc(N)c1F. The Hall–Kier alpha value is -6.17. The van der Waals surface area contributed by atoms with Gasteiger partial charge in [-0.3, -0.25) is 24.4 Å². The molecule has 61 heavy (non-hydrogen) atoms. The zero-order chi connectivity index (χ0) is 45.4. The number of ketones is 2. The quantitative estimate of drug-likeness (QED) is 0.0462. The number of hydrogen-bond acceptors (Lipinski definition) is 10. The van der Waals surface area contributed by atoms with Crippen LogP contribution in [0.4, 0.5) is 28.9 Å². The fraction of sp³-hybridized carbons (Fsp3) is 0.220. The molecule has 13 nitrogen and oxygen atoms in total.